The molecule has 0 saturated carbocycles. The number of benzene rings is 1. The highest BCUT2D eigenvalue weighted by Crippen LogP contribution is 2.18. The molecule has 0 saturated heterocycles. The Morgan fingerprint density at radius 2 is 2.09 bits per heavy atom. The summed E-state index contributed by atoms with van der Waals surface area (Å²) in [6, 6.07) is 5.23. The Bertz CT molecular complexity index is 993. The van der Waals surface area contributed by atoms with Crippen molar-refractivity contribution >= 4 is 21.1 Å². The minimum atomic E-state index is -3.67. The van der Waals surface area contributed by atoms with Gasteiger partial charge in [-0.2, -0.15) is 0 Å². The van der Waals surface area contributed by atoms with Gasteiger partial charge in [0.15, 0.2) is 11.3 Å². The monoisotopic (exact) mass is 337 g/mol. The highest BCUT2D eigenvalue weighted by atomic mass is 32.2. The summed E-state index contributed by atoms with van der Waals surface area (Å²) >= 11 is 0. The molecule has 2 aromatic heterocycles. The molecule has 2 N–H and O–H groups in total. The number of sulfonamides is 1. The lowest BCUT2D eigenvalue weighted by Crippen LogP contribution is -2.26. The molecule has 0 radical (unpaired) electrons. The van der Waals surface area contributed by atoms with E-state index >= 15 is 0 Å². The first kappa shape index (κ1) is 15.5. The molecule has 8 nitrogen and oxygen atoms in total. The molecule has 1 aromatic carbocycles. The molecule has 3 aromatic rings. The molecule has 0 unspecified atom stereocenters. The topological polar surface area (TPSA) is 118 Å². The van der Waals surface area contributed by atoms with E-state index in [9.17, 15) is 13.2 Å². The highest BCUT2D eigenvalue weighted by molar-refractivity contribution is 7.89. The number of hydrogen-bond donors (Lipinski definition) is 2. The van der Waals surface area contributed by atoms with Gasteiger partial charge in [-0.25, -0.2) is 17.9 Å². The van der Waals surface area contributed by atoms with Crippen LogP contribution in [0.25, 0.3) is 11.1 Å². The van der Waals surface area contributed by atoms with Gasteiger partial charge in [0.25, 0.3) is 0 Å². The maximum absolute atomic E-state index is 12.3. The van der Waals surface area contributed by atoms with Crippen LogP contribution in [0.15, 0.2) is 36.8 Å². The van der Waals surface area contributed by atoms with Crippen LogP contribution < -0.4 is 10.5 Å². The fourth-order valence-corrected chi connectivity index (χ4v) is 3.76. The summed E-state index contributed by atoms with van der Waals surface area (Å²) in [5.41, 5.74) is 2.23. The third-order valence-electron chi connectivity index (χ3n) is 3.43. The highest BCUT2D eigenvalue weighted by Gasteiger charge is 2.23. The van der Waals surface area contributed by atoms with Crippen LogP contribution in [0.4, 0.5) is 0 Å². The van der Waals surface area contributed by atoms with Crippen molar-refractivity contribution in [2.45, 2.75) is 25.2 Å². The molecule has 0 amide bonds. The Labute approximate surface area is 131 Å². The van der Waals surface area contributed by atoms with Crippen LogP contribution in [0.2, 0.25) is 0 Å². The normalized spacial score (nSPS) is 12.1. The number of fused-ring (bicyclic) bond motifs is 1. The Morgan fingerprint density at radius 3 is 2.78 bits per heavy atom. The Hall–Kier alpha value is -2.39. The number of H-pyrrole nitrogens is 1. The van der Waals surface area contributed by atoms with E-state index in [4.69, 9.17) is 8.94 Å². The predicted octanol–water partition coefficient (Wildman–Crippen LogP) is 1.25. The number of aromatic amines is 1. The lowest BCUT2D eigenvalue weighted by molar-refractivity contribution is 0.390. The number of nitrogens with zero attached hydrogens (tertiary/aromatic N) is 1. The van der Waals surface area contributed by atoms with E-state index < -0.39 is 15.8 Å². The lowest BCUT2D eigenvalue weighted by atomic mass is 10.1. The van der Waals surface area contributed by atoms with Gasteiger partial charge < -0.3 is 8.94 Å². The molecule has 0 atom stereocenters. The van der Waals surface area contributed by atoms with Crippen molar-refractivity contribution in [1.82, 2.24) is 14.9 Å². The maximum Gasteiger partial charge on any atom is 0.417 e. The SMILES string of the molecule is Cc1noc(C)c1S(=O)(=O)NCCc1ccc2[nH]c(=O)oc2c1. The van der Waals surface area contributed by atoms with Gasteiger partial charge >= 0.3 is 5.76 Å². The van der Waals surface area contributed by atoms with Crippen molar-refractivity contribution in [3.8, 4) is 0 Å². The average molecular weight is 337 g/mol. The quantitative estimate of drug-likeness (QED) is 0.723. The summed E-state index contributed by atoms with van der Waals surface area (Å²) in [6.45, 7) is 3.33. The zero-order chi connectivity index (χ0) is 16.6. The predicted molar refractivity (Wildman–Crippen MR) is 81.7 cm³/mol. The van der Waals surface area contributed by atoms with Gasteiger partial charge in [-0.1, -0.05) is 11.2 Å². The van der Waals surface area contributed by atoms with Gasteiger partial charge in [-0.15, -0.1) is 0 Å². The van der Waals surface area contributed by atoms with Gasteiger partial charge in [-0.3, -0.25) is 4.98 Å². The van der Waals surface area contributed by atoms with Crippen LogP contribution in [0, 0.1) is 13.8 Å². The van der Waals surface area contributed by atoms with Gasteiger partial charge in [0.1, 0.15) is 10.6 Å². The van der Waals surface area contributed by atoms with E-state index in [1.807, 2.05) is 0 Å². The fraction of sp³-hybridized carbons (Fsp3) is 0.286. The molecule has 23 heavy (non-hydrogen) atoms. The van der Waals surface area contributed by atoms with Gasteiger partial charge in [0, 0.05) is 6.54 Å². The second-order valence-electron chi connectivity index (χ2n) is 5.15. The number of hydrogen-bond acceptors (Lipinski definition) is 6. The van der Waals surface area contributed by atoms with Crippen LogP contribution in [0.3, 0.4) is 0 Å². The van der Waals surface area contributed by atoms with Gasteiger partial charge in [-0.05, 0) is 38.0 Å². The molecule has 0 aliphatic carbocycles. The molecule has 0 aliphatic heterocycles. The molecule has 3 rings (SSSR count). The lowest BCUT2D eigenvalue weighted by Gasteiger charge is -2.06. The third-order valence-corrected chi connectivity index (χ3v) is 5.13. The Kier molecular flexibility index (Phi) is 3.82. The average Bonchev–Trinajstić information content (AvgIpc) is 3.00. The van der Waals surface area contributed by atoms with E-state index in [0.29, 0.717) is 23.2 Å². The first-order valence-electron chi connectivity index (χ1n) is 6.91. The summed E-state index contributed by atoms with van der Waals surface area (Å²) in [5.74, 6) is -0.262. The first-order valence-corrected chi connectivity index (χ1v) is 8.39. The third kappa shape index (κ3) is 3.06. The van der Waals surface area contributed by atoms with E-state index in [1.165, 1.54) is 0 Å². The maximum atomic E-state index is 12.3. The van der Waals surface area contributed by atoms with Crippen LogP contribution in [-0.2, 0) is 16.4 Å². The van der Waals surface area contributed by atoms with Crippen molar-refractivity contribution in [2.75, 3.05) is 6.54 Å². The van der Waals surface area contributed by atoms with E-state index in [1.54, 1.807) is 32.0 Å². The zero-order valence-corrected chi connectivity index (χ0v) is 13.4. The number of oxazole rings is 1. The van der Waals surface area contributed by atoms with Gasteiger partial charge in [0.2, 0.25) is 10.0 Å². The van der Waals surface area contributed by atoms with Crippen molar-refractivity contribution in [3.63, 3.8) is 0 Å². The fourth-order valence-electron chi connectivity index (χ4n) is 2.41. The summed E-state index contributed by atoms with van der Waals surface area (Å²) in [5, 5.41) is 3.65. The van der Waals surface area contributed by atoms with E-state index in [0.717, 1.165) is 5.56 Å². The van der Waals surface area contributed by atoms with Crippen LogP contribution in [0.5, 0.6) is 0 Å². The van der Waals surface area contributed by atoms with Crippen LogP contribution in [-0.4, -0.2) is 25.1 Å². The minimum Gasteiger partial charge on any atom is -0.408 e. The summed E-state index contributed by atoms with van der Waals surface area (Å²) in [4.78, 5) is 13.7. The van der Waals surface area contributed by atoms with Crippen molar-refractivity contribution in [2.24, 2.45) is 0 Å². The van der Waals surface area contributed by atoms with Gasteiger partial charge in [0.05, 0.1) is 5.52 Å². The smallest absolute Gasteiger partial charge is 0.408 e. The second-order valence-corrected chi connectivity index (χ2v) is 6.85. The van der Waals surface area contributed by atoms with E-state index in [-0.39, 0.29) is 17.2 Å². The summed E-state index contributed by atoms with van der Waals surface area (Å²) in [6.07, 6.45) is 0.452. The molecule has 122 valence electrons. The zero-order valence-electron chi connectivity index (χ0n) is 12.5. The second kappa shape index (κ2) is 5.67. The molecular formula is C14H15N3O5S. The molecule has 0 bridgehead atoms. The summed E-state index contributed by atoms with van der Waals surface area (Å²) < 4.78 is 36.9. The molecule has 0 aliphatic rings. The molecular weight excluding hydrogens is 322 g/mol. The Balaban J connectivity index is 1.71. The first-order chi connectivity index (χ1) is 10.9. The standard InChI is InChI=1S/C14H15N3O5S/c1-8-13(9(2)22-17-8)23(19,20)15-6-5-10-3-4-11-12(7-10)21-14(18)16-11/h3-4,7,15H,5-6H2,1-2H3,(H,16,18). The van der Waals surface area contributed by atoms with Crippen molar-refractivity contribution in [3.05, 3.63) is 45.8 Å². The number of aryl methyl sites for hydroxylation is 2. The molecule has 0 fully saturated rings. The number of rotatable bonds is 5. The van der Waals surface area contributed by atoms with E-state index in [2.05, 4.69) is 14.9 Å². The molecule has 0 spiro atoms. The van der Waals surface area contributed by atoms with Crippen LogP contribution >= 0.6 is 0 Å². The van der Waals surface area contributed by atoms with Crippen LogP contribution in [0.1, 0.15) is 17.0 Å². The Morgan fingerprint density at radius 1 is 1.30 bits per heavy atom. The largest absolute Gasteiger partial charge is 0.417 e. The van der Waals surface area contributed by atoms with Crippen molar-refractivity contribution < 1.29 is 17.4 Å². The minimum absolute atomic E-state index is 0.0737. The number of nitrogens with one attached hydrogen (secondary N) is 2. The molecule has 2 heterocycles. The number of aromatic nitrogens is 2. The molecule has 9 heteroatoms. The van der Waals surface area contributed by atoms with Crippen molar-refractivity contribution in [1.29, 1.82) is 0 Å². The summed E-state index contributed by atoms with van der Waals surface area (Å²) in [7, 11) is -3.67.